The SMILES string of the molecule is CCNC(=NCC(O)CS(=O)(=O)c1cccs1)N1CCN(c2ccccc2)CC1.I. The van der Waals surface area contributed by atoms with E-state index in [0.29, 0.717) is 12.5 Å². The Morgan fingerprint density at radius 2 is 1.87 bits per heavy atom. The fraction of sp³-hybridized carbons (Fsp3) is 0.450. The van der Waals surface area contributed by atoms with Crippen molar-refractivity contribution in [3.05, 3.63) is 47.8 Å². The maximum atomic E-state index is 12.3. The monoisotopic (exact) mass is 564 g/mol. The van der Waals surface area contributed by atoms with Crippen molar-refractivity contribution in [2.24, 2.45) is 4.99 Å². The van der Waals surface area contributed by atoms with Gasteiger partial charge in [-0.15, -0.1) is 35.3 Å². The van der Waals surface area contributed by atoms with Gasteiger partial charge in [0.1, 0.15) is 4.21 Å². The second-order valence-corrected chi connectivity index (χ2v) is 10.1. The normalized spacial score (nSPS) is 16.1. The Hall–Kier alpha value is -1.37. The fourth-order valence-electron chi connectivity index (χ4n) is 3.26. The van der Waals surface area contributed by atoms with Gasteiger partial charge < -0.3 is 20.2 Å². The molecule has 0 bridgehead atoms. The highest BCUT2D eigenvalue weighted by atomic mass is 127. The molecule has 2 N–H and O–H groups in total. The average Bonchev–Trinajstić information content (AvgIpc) is 3.28. The number of aliphatic hydroxyl groups is 1. The Morgan fingerprint density at radius 1 is 1.17 bits per heavy atom. The van der Waals surface area contributed by atoms with Crippen LogP contribution in [0.2, 0.25) is 0 Å². The minimum absolute atomic E-state index is 0. The van der Waals surface area contributed by atoms with E-state index < -0.39 is 15.9 Å². The minimum Gasteiger partial charge on any atom is -0.390 e. The van der Waals surface area contributed by atoms with Gasteiger partial charge in [-0.05, 0) is 30.5 Å². The number of halogens is 1. The summed E-state index contributed by atoms with van der Waals surface area (Å²) in [6.45, 7) is 6.13. The van der Waals surface area contributed by atoms with Gasteiger partial charge in [-0.1, -0.05) is 24.3 Å². The molecule has 0 saturated carbocycles. The topological polar surface area (TPSA) is 85.2 Å². The molecule has 1 atom stereocenters. The maximum absolute atomic E-state index is 12.3. The van der Waals surface area contributed by atoms with Gasteiger partial charge in [0, 0.05) is 38.4 Å². The summed E-state index contributed by atoms with van der Waals surface area (Å²) < 4.78 is 24.9. The Bertz CT molecular complexity index is 884. The Labute approximate surface area is 199 Å². The number of hydrogen-bond donors (Lipinski definition) is 2. The van der Waals surface area contributed by atoms with Crippen molar-refractivity contribution in [1.29, 1.82) is 0 Å². The number of guanidine groups is 1. The predicted octanol–water partition coefficient (Wildman–Crippen LogP) is 2.29. The molecule has 1 saturated heterocycles. The van der Waals surface area contributed by atoms with Crippen LogP contribution < -0.4 is 10.2 Å². The van der Waals surface area contributed by atoms with Crippen LogP contribution in [0.1, 0.15) is 6.92 Å². The van der Waals surface area contributed by atoms with E-state index in [-0.39, 0.29) is 40.5 Å². The first kappa shape index (κ1) is 24.9. The number of aliphatic hydroxyl groups excluding tert-OH is 1. The summed E-state index contributed by atoms with van der Waals surface area (Å²) in [6, 6.07) is 13.6. The van der Waals surface area contributed by atoms with Crippen LogP contribution in [0.25, 0.3) is 0 Å². The highest BCUT2D eigenvalue weighted by Gasteiger charge is 2.22. The number of rotatable bonds is 7. The minimum atomic E-state index is -3.48. The third-order valence-corrected chi connectivity index (χ3v) is 7.99. The standard InChI is InChI=1S/C20H28N4O3S2.HI/c1-2-21-20(22-15-18(25)16-29(26,27)19-9-6-14-28-19)24-12-10-23(11-13-24)17-7-4-3-5-8-17;/h3-9,14,18,25H,2,10-13,15-16H2,1H3,(H,21,22);1H. The number of nitrogens with one attached hydrogen (secondary N) is 1. The lowest BCUT2D eigenvalue weighted by atomic mass is 10.2. The molecular formula is C20H29IN4O3S2. The van der Waals surface area contributed by atoms with E-state index in [1.54, 1.807) is 17.5 Å². The lowest BCUT2D eigenvalue weighted by Gasteiger charge is -2.37. The van der Waals surface area contributed by atoms with Crippen molar-refractivity contribution in [1.82, 2.24) is 10.2 Å². The molecule has 2 aromatic rings. The van der Waals surface area contributed by atoms with Gasteiger partial charge in [0.25, 0.3) is 0 Å². The summed E-state index contributed by atoms with van der Waals surface area (Å²) in [6.07, 6.45) is -1.04. The zero-order valence-corrected chi connectivity index (χ0v) is 20.9. The Morgan fingerprint density at radius 3 is 2.47 bits per heavy atom. The van der Waals surface area contributed by atoms with Crippen LogP contribution in [0.4, 0.5) is 5.69 Å². The molecule has 0 amide bonds. The largest absolute Gasteiger partial charge is 0.390 e. The van der Waals surface area contributed by atoms with Crippen LogP contribution in [-0.2, 0) is 9.84 Å². The molecule has 1 fully saturated rings. The molecule has 30 heavy (non-hydrogen) atoms. The molecule has 2 heterocycles. The first-order valence-corrected chi connectivity index (χ1v) is 12.3. The summed E-state index contributed by atoms with van der Waals surface area (Å²) in [5, 5.41) is 15.2. The molecule has 3 rings (SSSR count). The molecule has 1 aromatic carbocycles. The Balaban J connectivity index is 0.00000320. The first-order valence-electron chi connectivity index (χ1n) is 9.77. The van der Waals surface area contributed by atoms with Gasteiger partial charge in [0.15, 0.2) is 15.8 Å². The summed E-state index contributed by atoms with van der Waals surface area (Å²) in [4.78, 5) is 8.99. The van der Waals surface area contributed by atoms with Crippen molar-refractivity contribution in [3.63, 3.8) is 0 Å². The maximum Gasteiger partial charge on any atom is 0.194 e. The summed E-state index contributed by atoms with van der Waals surface area (Å²) in [5.74, 6) is 0.394. The van der Waals surface area contributed by atoms with Crippen LogP contribution >= 0.6 is 35.3 Å². The summed E-state index contributed by atoms with van der Waals surface area (Å²) in [7, 11) is -3.48. The number of benzene rings is 1. The van der Waals surface area contributed by atoms with E-state index in [1.807, 2.05) is 25.1 Å². The second-order valence-electron chi connectivity index (χ2n) is 6.87. The van der Waals surface area contributed by atoms with E-state index >= 15 is 0 Å². The molecule has 1 aromatic heterocycles. The number of nitrogens with zero attached hydrogens (tertiary/aromatic N) is 3. The van der Waals surface area contributed by atoms with Crippen molar-refractivity contribution in [3.8, 4) is 0 Å². The number of thiophene rings is 1. The molecule has 7 nitrogen and oxygen atoms in total. The smallest absolute Gasteiger partial charge is 0.194 e. The van der Waals surface area contributed by atoms with Crippen LogP contribution in [0.5, 0.6) is 0 Å². The van der Waals surface area contributed by atoms with Crippen molar-refractivity contribution < 1.29 is 13.5 Å². The highest BCUT2D eigenvalue weighted by Crippen LogP contribution is 2.18. The van der Waals surface area contributed by atoms with Gasteiger partial charge in [0.2, 0.25) is 0 Å². The number of para-hydroxylation sites is 1. The zero-order valence-electron chi connectivity index (χ0n) is 17.0. The van der Waals surface area contributed by atoms with Gasteiger partial charge in [0.05, 0.1) is 18.4 Å². The van der Waals surface area contributed by atoms with E-state index in [1.165, 1.54) is 17.0 Å². The molecule has 0 aliphatic carbocycles. The lowest BCUT2D eigenvalue weighted by Crippen LogP contribution is -2.52. The number of piperazine rings is 1. The van der Waals surface area contributed by atoms with E-state index in [2.05, 4.69) is 32.2 Å². The van der Waals surface area contributed by atoms with Crippen LogP contribution in [0.15, 0.2) is 57.0 Å². The fourth-order valence-corrected chi connectivity index (χ4v) is 5.73. The number of aliphatic imine (C=N–C) groups is 1. The third-order valence-electron chi connectivity index (χ3n) is 4.70. The second kappa shape index (κ2) is 11.9. The molecule has 1 aliphatic heterocycles. The van der Waals surface area contributed by atoms with Crippen molar-refractivity contribution in [2.75, 3.05) is 49.9 Å². The van der Waals surface area contributed by atoms with Gasteiger partial charge in [-0.25, -0.2) is 8.42 Å². The van der Waals surface area contributed by atoms with Crippen LogP contribution in [-0.4, -0.2) is 75.5 Å². The number of hydrogen-bond acceptors (Lipinski definition) is 6. The third kappa shape index (κ3) is 6.82. The molecule has 0 radical (unpaired) electrons. The summed E-state index contributed by atoms with van der Waals surface area (Å²) >= 11 is 1.17. The molecule has 1 aliphatic rings. The molecule has 1 unspecified atom stereocenters. The van der Waals surface area contributed by atoms with Crippen molar-refractivity contribution in [2.45, 2.75) is 17.2 Å². The quantitative estimate of drug-likeness (QED) is 0.305. The number of sulfone groups is 1. The molecule has 0 spiro atoms. The van der Waals surface area contributed by atoms with E-state index in [4.69, 9.17) is 0 Å². The van der Waals surface area contributed by atoms with E-state index in [9.17, 15) is 13.5 Å². The van der Waals surface area contributed by atoms with Crippen LogP contribution in [0, 0.1) is 0 Å². The van der Waals surface area contributed by atoms with Gasteiger partial charge >= 0.3 is 0 Å². The Kier molecular flexibility index (Phi) is 9.85. The highest BCUT2D eigenvalue weighted by molar-refractivity contribution is 14.0. The van der Waals surface area contributed by atoms with Gasteiger partial charge in [-0.2, -0.15) is 0 Å². The number of anilines is 1. The average molecular weight is 565 g/mol. The lowest BCUT2D eigenvalue weighted by molar-refractivity contribution is 0.205. The molecule has 10 heteroatoms. The zero-order chi connectivity index (χ0) is 20.7. The van der Waals surface area contributed by atoms with Crippen molar-refractivity contribution >= 4 is 56.8 Å². The molecule has 166 valence electrons. The van der Waals surface area contributed by atoms with Crippen LogP contribution in [0.3, 0.4) is 0 Å². The first-order chi connectivity index (χ1) is 14.0. The van der Waals surface area contributed by atoms with E-state index in [0.717, 1.165) is 26.2 Å². The predicted molar refractivity (Wildman–Crippen MR) is 134 cm³/mol. The molecular weight excluding hydrogens is 535 g/mol. The van der Waals surface area contributed by atoms with Gasteiger partial charge in [-0.3, -0.25) is 4.99 Å². The summed E-state index contributed by atoms with van der Waals surface area (Å²) in [5.41, 5.74) is 1.21.